The van der Waals surface area contributed by atoms with Crippen LogP contribution in [0.15, 0.2) is 18.3 Å². The lowest BCUT2D eigenvalue weighted by molar-refractivity contribution is 0.0729. The van der Waals surface area contributed by atoms with E-state index in [2.05, 4.69) is 30.5 Å². The molecule has 0 spiro atoms. The Kier molecular flexibility index (Phi) is 4.98. The number of anilines is 1. The summed E-state index contributed by atoms with van der Waals surface area (Å²) in [6.07, 6.45) is 3.24. The molecule has 0 bridgehead atoms. The van der Waals surface area contributed by atoms with Gasteiger partial charge in [-0.3, -0.25) is 4.79 Å². The van der Waals surface area contributed by atoms with E-state index in [4.69, 9.17) is 5.73 Å². The molecule has 0 radical (unpaired) electrons. The molecule has 0 saturated heterocycles. The van der Waals surface area contributed by atoms with Crippen molar-refractivity contribution in [3.05, 3.63) is 41.5 Å². The minimum atomic E-state index is -0.808. The molecular weight excluding hydrogens is 396 g/mol. The summed E-state index contributed by atoms with van der Waals surface area (Å²) in [4.78, 5) is 22.3. The molecule has 3 N–H and O–H groups in total. The maximum atomic E-state index is 14.0. The van der Waals surface area contributed by atoms with Gasteiger partial charge >= 0.3 is 0 Å². The molecule has 156 valence electrons. The lowest BCUT2D eigenvalue weighted by atomic mass is 10.1. The van der Waals surface area contributed by atoms with E-state index >= 15 is 0 Å². The molecule has 30 heavy (non-hydrogen) atoms. The number of rotatable bonds is 6. The number of nitrogens with one attached hydrogen (secondary N) is 1. The zero-order chi connectivity index (χ0) is 21.4. The Bertz CT molecular complexity index is 1220. The van der Waals surface area contributed by atoms with E-state index < -0.39 is 11.6 Å². The van der Waals surface area contributed by atoms with Gasteiger partial charge < -0.3 is 10.6 Å². The predicted molar refractivity (Wildman–Crippen MR) is 103 cm³/mol. The first-order chi connectivity index (χ1) is 14.3. The van der Waals surface area contributed by atoms with Crippen LogP contribution >= 0.6 is 0 Å². The number of hydrogen-bond acceptors (Lipinski definition) is 7. The number of halogens is 2. The second kappa shape index (κ2) is 7.61. The average molecular weight is 415 g/mol. The molecule has 3 aromatic heterocycles. The van der Waals surface area contributed by atoms with Gasteiger partial charge in [-0.1, -0.05) is 0 Å². The van der Waals surface area contributed by atoms with Gasteiger partial charge in [-0.05, 0) is 25.8 Å². The molecule has 1 atom stereocenters. The van der Waals surface area contributed by atoms with E-state index in [1.165, 1.54) is 10.7 Å². The molecule has 0 aliphatic carbocycles. The van der Waals surface area contributed by atoms with Crippen LogP contribution in [0.2, 0.25) is 0 Å². The molecule has 1 aromatic carbocycles. The van der Waals surface area contributed by atoms with Crippen LogP contribution in [0.3, 0.4) is 0 Å². The summed E-state index contributed by atoms with van der Waals surface area (Å²) < 4.78 is 29.0. The fraction of sp³-hybridized carbons (Fsp3) is 0.333. The minimum absolute atomic E-state index is 0.0342. The van der Waals surface area contributed by atoms with Crippen molar-refractivity contribution in [2.24, 2.45) is 0 Å². The van der Waals surface area contributed by atoms with E-state index in [9.17, 15) is 13.6 Å². The highest BCUT2D eigenvalue weighted by atomic mass is 19.1. The number of carbonyl (C=O) groups excluding carboxylic acids is 1. The lowest BCUT2D eigenvalue weighted by Crippen LogP contribution is -2.35. The topological polar surface area (TPSA) is 131 Å². The van der Waals surface area contributed by atoms with Crippen molar-refractivity contribution >= 4 is 28.4 Å². The summed E-state index contributed by atoms with van der Waals surface area (Å²) >= 11 is 0. The average Bonchev–Trinajstić information content (AvgIpc) is 3.38. The van der Waals surface area contributed by atoms with E-state index in [1.54, 1.807) is 11.9 Å². The molecule has 1 amide bonds. The van der Waals surface area contributed by atoms with Gasteiger partial charge in [-0.2, -0.15) is 19.9 Å². The molecule has 0 fully saturated rings. The number of carbonyl (C=O) groups is 1. The first-order valence-corrected chi connectivity index (χ1v) is 9.28. The lowest BCUT2D eigenvalue weighted by Gasteiger charge is -2.23. The number of aryl methyl sites for hydroxylation is 1. The summed E-state index contributed by atoms with van der Waals surface area (Å²) in [5.41, 5.74) is 6.31. The van der Waals surface area contributed by atoms with Crippen molar-refractivity contribution in [3.8, 4) is 0 Å². The van der Waals surface area contributed by atoms with Gasteiger partial charge in [0, 0.05) is 25.6 Å². The fourth-order valence-corrected chi connectivity index (χ4v) is 3.24. The third-order valence-corrected chi connectivity index (χ3v) is 5.00. The highest BCUT2D eigenvalue weighted by Crippen LogP contribution is 2.23. The number of benzene rings is 1. The second-order valence-electron chi connectivity index (χ2n) is 7.03. The Hall–Kier alpha value is -3.70. The number of nitrogens with two attached hydrogens (primary N) is 1. The Morgan fingerprint density at radius 2 is 2.13 bits per heavy atom. The van der Waals surface area contributed by atoms with Crippen LogP contribution in [0.5, 0.6) is 0 Å². The summed E-state index contributed by atoms with van der Waals surface area (Å²) in [5, 5.41) is 14.4. The van der Waals surface area contributed by atoms with Crippen LogP contribution in [0.25, 0.3) is 16.6 Å². The maximum Gasteiger partial charge on any atom is 0.276 e. The maximum absolute atomic E-state index is 14.0. The van der Waals surface area contributed by atoms with Gasteiger partial charge in [0.2, 0.25) is 5.95 Å². The summed E-state index contributed by atoms with van der Waals surface area (Å²) in [6.45, 7) is 1.93. The monoisotopic (exact) mass is 415 g/mol. The fourth-order valence-electron chi connectivity index (χ4n) is 3.24. The van der Waals surface area contributed by atoms with E-state index in [0.717, 1.165) is 12.1 Å². The van der Waals surface area contributed by atoms with Crippen molar-refractivity contribution in [1.29, 1.82) is 0 Å². The number of fused-ring (bicyclic) bond motifs is 3. The minimum Gasteiger partial charge on any atom is -0.368 e. The normalized spacial score (nSPS) is 12.5. The Labute approximate surface area is 169 Å². The molecule has 4 aromatic rings. The molecule has 4 rings (SSSR count). The van der Waals surface area contributed by atoms with E-state index in [-0.39, 0.29) is 40.1 Å². The predicted octanol–water partition coefficient (Wildman–Crippen LogP) is 1.74. The number of aromatic amines is 1. The number of hydrogen-bond donors (Lipinski definition) is 2. The first-order valence-electron chi connectivity index (χ1n) is 9.28. The van der Waals surface area contributed by atoms with Gasteiger partial charge in [0.1, 0.15) is 11.3 Å². The molecule has 0 unspecified atom stereocenters. The summed E-state index contributed by atoms with van der Waals surface area (Å²) in [7, 11) is 1.70. The molecular formula is C18H19F2N9O. The highest BCUT2D eigenvalue weighted by Gasteiger charge is 2.20. The number of amides is 1. The molecule has 3 heterocycles. The van der Waals surface area contributed by atoms with Crippen LogP contribution < -0.4 is 5.73 Å². The molecule has 0 aliphatic rings. The van der Waals surface area contributed by atoms with Crippen LogP contribution in [0, 0.1) is 11.6 Å². The van der Waals surface area contributed by atoms with Gasteiger partial charge in [0.25, 0.3) is 5.91 Å². The van der Waals surface area contributed by atoms with Crippen LogP contribution in [-0.4, -0.2) is 58.9 Å². The molecule has 10 nitrogen and oxygen atoms in total. The van der Waals surface area contributed by atoms with Crippen molar-refractivity contribution in [3.63, 3.8) is 0 Å². The second-order valence-corrected chi connectivity index (χ2v) is 7.03. The summed E-state index contributed by atoms with van der Waals surface area (Å²) in [5.74, 6) is -1.33. The van der Waals surface area contributed by atoms with Crippen LogP contribution in [0.4, 0.5) is 14.7 Å². The smallest absolute Gasteiger partial charge is 0.276 e. The Morgan fingerprint density at radius 1 is 1.33 bits per heavy atom. The Morgan fingerprint density at radius 3 is 2.87 bits per heavy atom. The van der Waals surface area contributed by atoms with E-state index in [1.807, 2.05) is 6.92 Å². The van der Waals surface area contributed by atoms with Gasteiger partial charge in [0.05, 0.1) is 11.6 Å². The van der Waals surface area contributed by atoms with Gasteiger partial charge in [-0.25, -0.2) is 18.7 Å². The van der Waals surface area contributed by atoms with Crippen molar-refractivity contribution in [2.45, 2.75) is 32.2 Å². The molecule has 0 aliphatic heterocycles. The van der Waals surface area contributed by atoms with Crippen LogP contribution in [-0.2, 0) is 6.42 Å². The third-order valence-electron chi connectivity index (χ3n) is 5.00. The number of aromatic nitrogens is 7. The number of H-pyrrole nitrogens is 1. The van der Waals surface area contributed by atoms with Crippen molar-refractivity contribution < 1.29 is 13.6 Å². The van der Waals surface area contributed by atoms with E-state index in [0.29, 0.717) is 25.1 Å². The van der Waals surface area contributed by atoms with Crippen molar-refractivity contribution in [1.82, 2.24) is 39.9 Å². The first kappa shape index (κ1) is 19.6. The highest BCUT2D eigenvalue weighted by molar-refractivity contribution is 5.92. The summed E-state index contributed by atoms with van der Waals surface area (Å²) in [6, 6.07) is 1.86. The SMILES string of the molecule is C[C@@H](CCCc1nc2c3cc(F)cc(F)c3nc(N)n2n1)N(C)C(=O)c1cn[nH]n1. The van der Waals surface area contributed by atoms with Gasteiger partial charge in [-0.15, -0.1) is 5.10 Å². The Balaban J connectivity index is 1.49. The quantitative estimate of drug-likeness (QED) is 0.490. The molecule has 0 saturated carbocycles. The third kappa shape index (κ3) is 3.51. The van der Waals surface area contributed by atoms with Gasteiger partial charge in [0.15, 0.2) is 23.0 Å². The van der Waals surface area contributed by atoms with Crippen LogP contribution in [0.1, 0.15) is 36.1 Å². The number of nitrogen functional groups attached to an aromatic ring is 1. The van der Waals surface area contributed by atoms with Crippen molar-refractivity contribution in [2.75, 3.05) is 12.8 Å². The standard InChI is InChI=1S/C18H19F2N9O/c1-9(28(2)17(30)13-8-22-27-25-13)4-3-5-14-23-16-11-6-10(19)7-12(20)15(11)24-18(21)29(16)26-14/h6-9H,3-5H2,1-2H3,(H2,21,24)(H,22,25,27)/t9-/m0/s1. The zero-order valence-electron chi connectivity index (χ0n) is 16.3. The molecule has 12 heteroatoms. The zero-order valence-corrected chi connectivity index (χ0v) is 16.3. The number of nitrogens with zero attached hydrogens (tertiary/aromatic N) is 7. The largest absolute Gasteiger partial charge is 0.368 e.